The maximum atomic E-state index is 12.1. The Morgan fingerprint density at radius 2 is 1.76 bits per heavy atom. The van der Waals surface area contributed by atoms with Crippen molar-refractivity contribution in [2.24, 2.45) is 0 Å². The fourth-order valence-electron chi connectivity index (χ4n) is 1.81. The Labute approximate surface area is 122 Å². The molecule has 0 aliphatic heterocycles. The fourth-order valence-corrected chi connectivity index (χ4v) is 1.81. The van der Waals surface area contributed by atoms with E-state index in [0.717, 1.165) is 0 Å². The third-order valence-corrected chi connectivity index (χ3v) is 3.00. The first-order valence-corrected chi connectivity index (χ1v) is 6.30. The molecule has 0 radical (unpaired) electrons. The number of ether oxygens (including phenoxy) is 1. The van der Waals surface area contributed by atoms with Gasteiger partial charge in [-0.05, 0) is 49.4 Å². The number of hydrogen-bond donors (Lipinski definition) is 2. The van der Waals surface area contributed by atoms with Crippen LogP contribution in [0, 0.1) is 0 Å². The molecule has 2 N–H and O–H groups in total. The second-order valence-electron chi connectivity index (χ2n) is 4.47. The molecule has 0 unspecified atom stereocenters. The van der Waals surface area contributed by atoms with E-state index in [2.05, 4.69) is 5.32 Å². The van der Waals surface area contributed by atoms with Gasteiger partial charge in [0.2, 0.25) is 0 Å². The van der Waals surface area contributed by atoms with Gasteiger partial charge >= 0.3 is 0 Å². The third-order valence-electron chi connectivity index (χ3n) is 3.00. The Kier molecular flexibility index (Phi) is 4.23. The second-order valence-corrected chi connectivity index (χ2v) is 4.47. The van der Waals surface area contributed by atoms with Crippen molar-refractivity contribution in [3.8, 4) is 11.5 Å². The molecular formula is C16H15NO4. The van der Waals surface area contributed by atoms with Crippen LogP contribution in [0.4, 0.5) is 5.69 Å². The highest BCUT2D eigenvalue weighted by Crippen LogP contribution is 2.24. The number of ketones is 1. The van der Waals surface area contributed by atoms with E-state index in [-0.39, 0.29) is 17.1 Å². The summed E-state index contributed by atoms with van der Waals surface area (Å²) in [6.45, 7) is 1.47. The van der Waals surface area contributed by atoms with Crippen LogP contribution < -0.4 is 10.1 Å². The first-order chi connectivity index (χ1) is 10.0. The summed E-state index contributed by atoms with van der Waals surface area (Å²) in [4.78, 5) is 23.3. The molecule has 2 aromatic rings. The van der Waals surface area contributed by atoms with Crippen molar-refractivity contribution in [1.29, 1.82) is 0 Å². The summed E-state index contributed by atoms with van der Waals surface area (Å²) in [5, 5.41) is 12.4. The SMILES string of the molecule is COc1ccc(O)c(C(=O)Nc2ccc(C(C)=O)cc2)c1. The lowest BCUT2D eigenvalue weighted by Gasteiger charge is -2.09. The largest absolute Gasteiger partial charge is 0.507 e. The van der Waals surface area contributed by atoms with Crippen molar-refractivity contribution in [2.45, 2.75) is 6.92 Å². The van der Waals surface area contributed by atoms with E-state index in [1.807, 2.05) is 0 Å². The topological polar surface area (TPSA) is 75.6 Å². The second kappa shape index (κ2) is 6.09. The van der Waals surface area contributed by atoms with Crippen LogP contribution in [0.25, 0.3) is 0 Å². The summed E-state index contributed by atoms with van der Waals surface area (Å²) in [5.74, 6) is -0.154. The zero-order valence-corrected chi connectivity index (χ0v) is 11.7. The van der Waals surface area contributed by atoms with Crippen molar-refractivity contribution < 1.29 is 19.4 Å². The number of phenolic OH excluding ortho intramolecular Hbond substituents is 1. The highest BCUT2D eigenvalue weighted by molar-refractivity contribution is 6.06. The van der Waals surface area contributed by atoms with Crippen molar-refractivity contribution in [3.63, 3.8) is 0 Å². The molecule has 0 heterocycles. The number of hydrogen-bond acceptors (Lipinski definition) is 4. The lowest BCUT2D eigenvalue weighted by atomic mass is 10.1. The van der Waals surface area contributed by atoms with Gasteiger partial charge in [0.15, 0.2) is 5.78 Å². The van der Waals surface area contributed by atoms with Crippen LogP contribution in [0.15, 0.2) is 42.5 Å². The number of nitrogens with one attached hydrogen (secondary N) is 1. The van der Waals surface area contributed by atoms with E-state index < -0.39 is 5.91 Å². The van der Waals surface area contributed by atoms with Gasteiger partial charge in [0.1, 0.15) is 11.5 Å². The Hall–Kier alpha value is -2.82. The Morgan fingerprint density at radius 3 is 2.33 bits per heavy atom. The number of Topliss-reactive ketones (excluding diaryl/α,β-unsaturated/α-hetero) is 1. The number of aromatic hydroxyl groups is 1. The molecule has 0 bridgehead atoms. The van der Waals surface area contributed by atoms with E-state index in [4.69, 9.17) is 4.74 Å². The quantitative estimate of drug-likeness (QED) is 0.847. The van der Waals surface area contributed by atoms with Crippen molar-refractivity contribution >= 4 is 17.4 Å². The molecule has 0 saturated carbocycles. The van der Waals surface area contributed by atoms with Crippen molar-refractivity contribution in [3.05, 3.63) is 53.6 Å². The Bertz CT molecular complexity index is 677. The summed E-state index contributed by atoms with van der Waals surface area (Å²) < 4.78 is 5.02. The number of phenols is 1. The number of carbonyl (C=O) groups is 2. The average Bonchev–Trinajstić information content (AvgIpc) is 2.48. The molecule has 2 aromatic carbocycles. The number of amides is 1. The highest BCUT2D eigenvalue weighted by Gasteiger charge is 2.12. The van der Waals surface area contributed by atoms with Crippen LogP contribution in [0.3, 0.4) is 0 Å². The standard InChI is InChI=1S/C16H15NO4/c1-10(18)11-3-5-12(6-4-11)17-16(20)14-9-13(21-2)7-8-15(14)19/h3-9,19H,1-2H3,(H,17,20). The molecule has 0 saturated heterocycles. The van der Waals surface area contributed by atoms with Gasteiger partial charge in [-0.25, -0.2) is 0 Å². The van der Waals surface area contributed by atoms with Gasteiger partial charge in [-0.3, -0.25) is 9.59 Å². The molecule has 0 atom stereocenters. The molecule has 1 amide bonds. The van der Waals surface area contributed by atoms with Crippen LogP contribution in [-0.4, -0.2) is 23.9 Å². The molecular weight excluding hydrogens is 270 g/mol. The molecule has 108 valence electrons. The summed E-state index contributed by atoms with van der Waals surface area (Å²) in [7, 11) is 1.48. The molecule has 0 aliphatic carbocycles. The molecule has 5 heteroatoms. The van der Waals surface area contributed by atoms with Crippen molar-refractivity contribution in [2.75, 3.05) is 12.4 Å². The van der Waals surface area contributed by atoms with Crippen molar-refractivity contribution in [1.82, 2.24) is 0 Å². The Morgan fingerprint density at radius 1 is 1.10 bits per heavy atom. The predicted molar refractivity (Wildman–Crippen MR) is 79.1 cm³/mol. The smallest absolute Gasteiger partial charge is 0.259 e. The number of anilines is 1. The normalized spacial score (nSPS) is 10.0. The zero-order valence-electron chi connectivity index (χ0n) is 11.7. The Balaban J connectivity index is 2.19. The van der Waals surface area contributed by atoms with Gasteiger partial charge in [0.25, 0.3) is 5.91 Å². The van der Waals surface area contributed by atoms with E-state index >= 15 is 0 Å². The van der Waals surface area contributed by atoms with Crippen LogP contribution in [0.5, 0.6) is 11.5 Å². The van der Waals surface area contributed by atoms with Gasteiger partial charge in [-0.15, -0.1) is 0 Å². The average molecular weight is 285 g/mol. The predicted octanol–water partition coefficient (Wildman–Crippen LogP) is 2.86. The zero-order chi connectivity index (χ0) is 15.4. The summed E-state index contributed by atoms with van der Waals surface area (Å²) in [6, 6.07) is 10.9. The van der Waals surface area contributed by atoms with Crippen LogP contribution in [0.1, 0.15) is 27.6 Å². The molecule has 0 fully saturated rings. The third kappa shape index (κ3) is 3.39. The lowest BCUT2D eigenvalue weighted by molar-refractivity contribution is 0.101. The number of carbonyl (C=O) groups excluding carboxylic acids is 2. The summed E-state index contributed by atoms with van der Waals surface area (Å²) in [6.07, 6.45) is 0. The molecule has 0 aliphatic rings. The minimum atomic E-state index is -0.457. The summed E-state index contributed by atoms with van der Waals surface area (Å²) >= 11 is 0. The maximum absolute atomic E-state index is 12.1. The molecule has 2 rings (SSSR count). The van der Waals surface area contributed by atoms with E-state index in [0.29, 0.717) is 17.0 Å². The van der Waals surface area contributed by atoms with Gasteiger partial charge in [-0.1, -0.05) is 0 Å². The maximum Gasteiger partial charge on any atom is 0.259 e. The fraction of sp³-hybridized carbons (Fsp3) is 0.125. The number of rotatable bonds is 4. The van der Waals surface area contributed by atoms with Crippen LogP contribution in [0.2, 0.25) is 0 Å². The van der Waals surface area contributed by atoms with Gasteiger partial charge in [-0.2, -0.15) is 0 Å². The number of methoxy groups -OCH3 is 1. The van der Waals surface area contributed by atoms with E-state index in [1.165, 1.54) is 26.2 Å². The van der Waals surface area contributed by atoms with Crippen LogP contribution in [-0.2, 0) is 0 Å². The molecule has 0 spiro atoms. The monoisotopic (exact) mass is 285 g/mol. The van der Waals surface area contributed by atoms with E-state index in [9.17, 15) is 14.7 Å². The molecule has 5 nitrogen and oxygen atoms in total. The van der Waals surface area contributed by atoms with Gasteiger partial charge < -0.3 is 15.2 Å². The van der Waals surface area contributed by atoms with Gasteiger partial charge in [0.05, 0.1) is 12.7 Å². The summed E-state index contributed by atoms with van der Waals surface area (Å²) in [5.41, 5.74) is 1.22. The molecule has 0 aromatic heterocycles. The van der Waals surface area contributed by atoms with Crippen LogP contribution >= 0.6 is 0 Å². The first kappa shape index (κ1) is 14.6. The highest BCUT2D eigenvalue weighted by atomic mass is 16.5. The minimum absolute atomic E-state index is 0.0432. The lowest BCUT2D eigenvalue weighted by Crippen LogP contribution is -2.12. The molecule has 21 heavy (non-hydrogen) atoms. The van der Waals surface area contributed by atoms with E-state index in [1.54, 1.807) is 30.3 Å². The number of benzene rings is 2. The van der Waals surface area contributed by atoms with Gasteiger partial charge in [0, 0.05) is 11.3 Å². The first-order valence-electron chi connectivity index (χ1n) is 6.30. The minimum Gasteiger partial charge on any atom is -0.507 e.